The molecule has 2 fully saturated rings. The molecular formula is C11H18O3. The van der Waals surface area contributed by atoms with Crippen molar-refractivity contribution in [3.05, 3.63) is 0 Å². The summed E-state index contributed by atoms with van der Waals surface area (Å²) >= 11 is 0. The summed E-state index contributed by atoms with van der Waals surface area (Å²) < 4.78 is 11.0. The lowest BCUT2D eigenvalue weighted by Gasteiger charge is -2.26. The Labute approximate surface area is 84.8 Å². The van der Waals surface area contributed by atoms with Gasteiger partial charge in [-0.15, -0.1) is 0 Å². The van der Waals surface area contributed by atoms with Crippen LogP contribution in [0.1, 0.15) is 38.5 Å². The first-order valence-electron chi connectivity index (χ1n) is 5.62. The molecule has 0 bridgehead atoms. The number of carbonyl (C=O) groups is 1. The maximum absolute atomic E-state index is 11.0. The van der Waals surface area contributed by atoms with Crippen molar-refractivity contribution in [3.63, 3.8) is 0 Å². The van der Waals surface area contributed by atoms with E-state index in [1.54, 1.807) is 0 Å². The summed E-state index contributed by atoms with van der Waals surface area (Å²) in [6.07, 6.45) is 6.10. The summed E-state index contributed by atoms with van der Waals surface area (Å²) in [6, 6.07) is 0. The maximum Gasteiger partial charge on any atom is 0.157 e. The van der Waals surface area contributed by atoms with E-state index in [0.29, 0.717) is 18.3 Å². The quantitative estimate of drug-likeness (QED) is 0.692. The van der Waals surface area contributed by atoms with Gasteiger partial charge in [-0.2, -0.15) is 0 Å². The Kier molecular flexibility index (Phi) is 3.54. The smallest absolute Gasteiger partial charge is 0.157 e. The fraction of sp³-hybridized carbons (Fsp3) is 0.909. The zero-order chi connectivity index (χ0) is 9.80. The van der Waals surface area contributed by atoms with E-state index in [1.165, 1.54) is 6.42 Å². The van der Waals surface area contributed by atoms with Gasteiger partial charge in [-0.1, -0.05) is 0 Å². The topological polar surface area (TPSA) is 35.5 Å². The van der Waals surface area contributed by atoms with Crippen LogP contribution in [0.15, 0.2) is 0 Å². The van der Waals surface area contributed by atoms with Crippen molar-refractivity contribution in [3.8, 4) is 0 Å². The largest absolute Gasteiger partial charge is 0.353 e. The second kappa shape index (κ2) is 4.89. The molecule has 14 heavy (non-hydrogen) atoms. The van der Waals surface area contributed by atoms with Crippen molar-refractivity contribution in [1.82, 2.24) is 0 Å². The Morgan fingerprint density at radius 1 is 1.36 bits per heavy atom. The van der Waals surface area contributed by atoms with Crippen molar-refractivity contribution in [2.24, 2.45) is 5.92 Å². The summed E-state index contributed by atoms with van der Waals surface area (Å²) in [5.74, 6) is 0.705. The van der Waals surface area contributed by atoms with Gasteiger partial charge < -0.3 is 9.47 Å². The molecule has 2 atom stereocenters. The third kappa shape index (κ3) is 2.55. The third-order valence-electron chi connectivity index (χ3n) is 3.10. The van der Waals surface area contributed by atoms with Gasteiger partial charge >= 0.3 is 0 Å². The fourth-order valence-corrected chi connectivity index (χ4v) is 1.96. The fourth-order valence-electron chi connectivity index (χ4n) is 1.96. The van der Waals surface area contributed by atoms with E-state index >= 15 is 0 Å². The molecular weight excluding hydrogens is 180 g/mol. The van der Waals surface area contributed by atoms with Gasteiger partial charge in [0, 0.05) is 18.9 Å². The predicted octanol–water partition coefficient (Wildman–Crippen LogP) is 1.90. The summed E-state index contributed by atoms with van der Waals surface area (Å²) in [7, 11) is 0. The molecule has 1 aliphatic carbocycles. The summed E-state index contributed by atoms with van der Waals surface area (Å²) in [6.45, 7) is 1.51. The van der Waals surface area contributed by atoms with Crippen LogP contribution in [0, 0.1) is 5.92 Å². The van der Waals surface area contributed by atoms with E-state index in [-0.39, 0.29) is 6.29 Å². The van der Waals surface area contributed by atoms with Crippen LogP contribution in [0.3, 0.4) is 0 Å². The highest BCUT2D eigenvalue weighted by atomic mass is 16.7. The lowest BCUT2D eigenvalue weighted by Crippen LogP contribution is -2.28. The van der Waals surface area contributed by atoms with Gasteiger partial charge in [0.25, 0.3) is 0 Å². The zero-order valence-corrected chi connectivity index (χ0v) is 8.54. The molecule has 1 heterocycles. The van der Waals surface area contributed by atoms with E-state index in [1.807, 2.05) is 0 Å². The molecule has 1 saturated heterocycles. The molecule has 2 rings (SSSR count). The molecule has 0 aromatic heterocycles. The number of Topliss-reactive ketones (excluding diaryl/α,β-unsaturated/α-hetero) is 1. The van der Waals surface area contributed by atoms with Crippen LogP contribution in [0.5, 0.6) is 0 Å². The monoisotopic (exact) mass is 198 g/mol. The molecule has 2 aliphatic rings. The molecule has 1 saturated carbocycles. The SMILES string of the molecule is O=C1CCC1CCOC1CCCCO1. The molecule has 1 aliphatic heterocycles. The Bertz CT molecular complexity index is 197. The lowest BCUT2D eigenvalue weighted by atomic mass is 9.82. The van der Waals surface area contributed by atoms with E-state index in [4.69, 9.17) is 9.47 Å². The number of rotatable bonds is 4. The summed E-state index contributed by atoms with van der Waals surface area (Å²) in [5, 5.41) is 0. The Hall–Kier alpha value is -0.410. The normalized spacial score (nSPS) is 32.7. The van der Waals surface area contributed by atoms with Gasteiger partial charge in [-0.3, -0.25) is 4.79 Å². The first-order valence-corrected chi connectivity index (χ1v) is 5.62. The molecule has 3 nitrogen and oxygen atoms in total. The number of ether oxygens (including phenoxy) is 2. The third-order valence-corrected chi connectivity index (χ3v) is 3.10. The molecule has 80 valence electrons. The minimum atomic E-state index is -0.000992. The molecule has 0 aromatic carbocycles. The van der Waals surface area contributed by atoms with E-state index in [9.17, 15) is 4.79 Å². The minimum absolute atomic E-state index is 0.000992. The zero-order valence-electron chi connectivity index (χ0n) is 8.54. The predicted molar refractivity (Wildman–Crippen MR) is 51.9 cm³/mol. The Balaban J connectivity index is 1.55. The second-order valence-electron chi connectivity index (χ2n) is 4.16. The second-order valence-corrected chi connectivity index (χ2v) is 4.16. The van der Waals surface area contributed by atoms with Gasteiger partial charge in [0.1, 0.15) is 5.78 Å². The van der Waals surface area contributed by atoms with E-state index < -0.39 is 0 Å². The highest BCUT2D eigenvalue weighted by Crippen LogP contribution is 2.25. The Morgan fingerprint density at radius 3 is 2.86 bits per heavy atom. The van der Waals surface area contributed by atoms with Crippen LogP contribution in [0.4, 0.5) is 0 Å². The maximum atomic E-state index is 11.0. The van der Waals surface area contributed by atoms with Crippen LogP contribution < -0.4 is 0 Å². The van der Waals surface area contributed by atoms with Crippen molar-refractivity contribution in [2.75, 3.05) is 13.2 Å². The van der Waals surface area contributed by atoms with Gasteiger partial charge in [-0.25, -0.2) is 0 Å². The molecule has 0 spiro atoms. The summed E-state index contributed by atoms with van der Waals surface area (Å²) in [4.78, 5) is 11.0. The first kappa shape index (κ1) is 10.1. The van der Waals surface area contributed by atoms with Gasteiger partial charge in [-0.05, 0) is 32.1 Å². The average molecular weight is 198 g/mol. The molecule has 0 amide bonds. The van der Waals surface area contributed by atoms with Crippen LogP contribution in [-0.2, 0) is 14.3 Å². The van der Waals surface area contributed by atoms with Crippen molar-refractivity contribution < 1.29 is 14.3 Å². The number of ketones is 1. The first-order chi connectivity index (χ1) is 6.86. The van der Waals surface area contributed by atoms with Gasteiger partial charge in [0.15, 0.2) is 6.29 Å². The van der Waals surface area contributed by atoms with Crippen molar-refractivity contribution >= 4 is 5.78 Å². The molecule has 0 aromatic rings. The van der Waals surface area contributed by atoms with Crippen LogP contribution >= 0.6 is 0 Å². The van der Waals surface area contributed by atoms with Crippen molar-refractivity contribution in [1.29, 1.82) is 0 Å². The average Bonchev–Trinajstić information content (AvgIpc) is 2.24. The van der Waals surface area contributed by atoms with Crippen LogP contribution in [0.25, 0.3) is 0 Å². The standard InChI is InChI=1S/C11H18O3/c12-10-5-4-9(10)6-8-14-11-3-1-2-7-13-11/h9,11H,1-8H2. The minimum Gasteiger partial charge on any atom is -0.353 e. The molecule has 2 unspecified atom stereocenters. The van der Waals surface area contributed by atoms with Gasteiger partial charge in [0.05, 0.1) is 6.61 Å². The van der Waals surface area contributed by atoms with E-state index in [0.717, 1.165) is 38.7 Å². The van der Waals surface area contributed by atoms with Crippen molar-refractivity contribution in [2.45, 2.75) is 44.8 Å². The van der Waals surface area contributed by atoms with E-state index in [2.05, 4.69) is 0 Å². The Morgan fingerprint density at radius 2 is 2.29 bits per heavy atom. The number of hydrogen-bond donors (Lipinski definition) is 0. The molecule has 0 radical (unpaired) electrons. The number of hydrogen-bond acceptors (Lipinski definition) is 3. The van der Waals surface area contributed by atoms with Crippen LogP contribution in [-0.4, -0.2) is 25.3 Å². The number of carbonyl (C=O) groups excluding carboxylic acids is 1. The highest BCUT2D eigenvalue weighted by molar-refractivity contribution is 5.86. The lowest BCUT2D eigenvalue weighted by molar-refractivity contribution is -0.166. The molecule has 3 heteroatoms. The van der Waals surface area contributed by atoms with Crippen LogP contribution in [0.2, 0.25) is 0 Å². The molecule has 0 N–H and O–H groups in total. The summed E-state index contributed by atoms with van der Waals surface area (Å²) in [5.41, 5.74) is 0. The highest BCUT2D eigenvalue weighted by Gasteiger charge is 2.27. The van der Waals surface area contributed by atoms with Gasteiger partial charge in [0.2, 0.25) is 0 Å².